The van der Waals surface area contributed by atoms with Crippen molar-refractivity contribution in [3.05, 3.63) is 52.6 Å². The number of nitrogens with zero attached hydrogens (tertiary/aromatic N) is 5. The highest BCUT2D eigenvalue weighted by molar-refractivity contribution is 6.09. The Kier molecular flexibility index (Phi) is 5.73. The summed E-state index contributed by atoms with van der Waals surface area (Å²) in [6.07, 6.45) is 7.94. The minimum absolute atomic E-state index is 0.140. The third kappa shape index (κ3) is 3.75. The van der Waals surface area contributed by atoms with Crippen LogP contribution in [0.15, 0.2) is 35.4 Å². The number of aryl methyl sites for hydroxylation is 1. The molecular weight excluding hydrogens is 457 g/mol. The molecule has 184 valence electrons. The van der Waals surface area contributed by atoms with E-state index in [4.69, 9.17) is 4.74 Å². The predicted octanol–water partition coefficient (Wildman–Crippen LogP) is 4.27. The number of rotatable bonds is 3. The van der Waals surface area contributed by atoms with Crippen molar-refractivity contribution < 1.29 is 9.13 Å². The van der Waals surface area contributed by atoms with Gasteiger partial charge in [0.05, 0.1) is 39.7 Å². The minimum Gasteiger partial charge on any atom is -0.490 e. The third-order valence-electron chi connectivity index (χ3n) is 7.29. The Hall–Kier alpha value is -3.70. The first kappa shape index (κ1) is 22.7. The molecule has 0 radical (unpaired) electrons. The Morgan fingerprint density at radius 1 is 1.17 bits per heavy atom. The molecule has 7 nitrogen and oxygen atoms in total. The molecule has 8 heteroatoms. The van der Waals surface area contributed by atoms with Gasteiger partial charge >= 0.3 is 5.69 Å². The largest absolute Gasteiger partial charge is 0.490 e. The number of likely N-dealkylation sites (tertiary alicyclic amines) is 1. The normalized spacial score (nSPS) is 17.7. The summed E-state index contributed by atoms with van der Waals surface area (Å²) in [7, 11) is 1.73. The van der Waals surface area contributed by atoms with E-state index in [2.05, 4.69) is 26.7 Å². The van der Waals surface area contributed by atoms with Crippen molar-refractivity contribution in [1.82, 2.24) is 24.0 Å². The van der Waals surface area contributed by atoms with Crippen LogP contribution in [0.2, 0.25) is 0 Å². The third-order valence-corrected chi connectivity index (χ3v) is 7.29. The average Bonchev–Trinajstić information content (AvgIpc) is 3.05. The second kappa shape index (κ2) is 9.07. The fourth-order valence-electron chi connectivity index (χ4n) is 5.38. The van der Waals surface area contributed by atoms with E-state index in [1.807, 2.05) is 19.1 Å². The quantitative estimate of drug-likeness (QED) is 0.406. The summed E-state index contributed by atoms with van der Waals surface area (Å²) in [5.41, 5.74) is 3.30. The lowest BCUT2D eigenvalue weighted by molar-refractivity contribution is 0.234. The van der Waals surface area contributed by atoms with E-state index < -0.39 is 5.82 Å². The molecule has 2 aliphatic heterocycles. The van der Waals surface area contributed by atoms with Crippen LogP contribution < -0.4 is 10.4 Å². The van der Waals surface area contributed by atoms with Crippen LogP contribution in [0, 0.1) is 17.7 Å². The first-order valence-electron chi connectivity index (χ1n) is 12.6. The van der Waals surface area contributed by atoms with Gasteiger partial charge in [-0.3, -0.25) is 14.1 Å². The molecule has 1 atom stereocenters. The first-order valence-corrected chi connectivity index (χ1v) is 12.6. The van der Waals surface area contributed by atoms with Gasteiger partial charge in [-0.1, -0.05) is 12.3 Å². The van der Waals surface area contributed by atoms with Gasteiger partial charge in [0.1, 0.15) is 23.9 Å². The fraction of sp³-hybridized carbons (Fsp3) is 0.393. The van der Waals surface area contributed by atoms with Crippen LogP contribution in [-0.2, 0) is 7.05 Å². The maximum absolute atomic E-state index is 15.5. The van der Waals surface area contributed by atoms with Gasteiger partial charge in [-0.25, -0.2) is 14.2 Å². The van der Waals surface area contributed by atoms with Gasteiger partial charge in [0.2, 0.25) is 0 Å². The number of halogens is 1. The maximum atomic E-state index is 15.5. The molecule has 5 heterocycles. The zero-order chi connectivity index (χ0) is 24.8. The number of hydrogen-bond donors (Lipinski definition) is 0. The highest BCUT2D eigenvalue weighted by Crippen LogP contribution is 2.43. The molecule has 2 aliphatic rings. The Morgan fingerprint density at radius 2 is 2.00 bits per heavy atom. The summed E-state index contributed by atoms with van der Waals surface area (Å²) in [6.45, 7) is 5.48. The molecule has 1 aromatic carbocycles. The Bertz CT molecular complexity index is 1590. The topological polar surface area (TPSA) is 65.2 Å². The number of aromatic nitrogens is 4. The smallest absolute Gasteiger partial charge is 0.329 e. The lowest BCUT2D eigenvalue weighted by atomic mass is 10.0. The van der Waals surface area contributed by atoms with Crippen molar-refractivity contribution >= 4 is 21.9 Å². The van der Waals surface area contributed by atoms with Crippen molar-refractivity contribution in [3.63, 3.8) is 0 Å². The summed E-state index contributed by atoms with van der Waals surface area (Å²) in [4.78, 5) is 24.3. The van der Waals surface area contributed by atoms with Gasteiger partial charge in [-0.05, 0) is 50.9 Å². The molecule has 0 spiro atoms. The van der Waals surface area contributed by atoms with Crippen LogP contribution in [0.4, 0.5) is 4.39 Å². The molecule has 0 N–H and O–H groups in total. The van der Waals surface area contributed by atoms with E-state index in [1.165, 1.54) is 25.3 Å². The van der Waals surface area contributed by atoms with Gasteiger partial charge in [0.25, 0.3) is 0 Å². The molecule has 0 aliphatic carbocycles. The molecule has 0 bridgehead atoms. The minimum atomic E-state index is -0.439. The SMILES string of the molecule is CC1COc2c(-c3ccc(C#CCCN4CCCCC4)nc3)c(F)cc3ncc4c(c23)n1c(=O)n4C. The zero-order valence-corrected chi connectivity index (χ0v) is 20.6. The average molecular weight is 486 g/mol. The van der Waals surface area contributed by atoms with Crippen molar-refractivity contribution in [2.24, 2.45) is 7.05 Å². The van der Waals surface area contributed by atoms with E-state index in [0.717, 1.165) is 31.6 Å². The molecule has 0 amide bonds. The number of hydrogen-bond acceptors (Lipinski definition) is 5. The van der Waals surface area contributed by atoms with Crippen LogP contribution in [0.25, 0.3) is 33.1 Å². The van der Waals surface area contributed by atoms with Gasteiger partial charge in [0.15, 0.2) is 0 Å². The highest BCUT2D eigenvalue weighted by Gasteiger charge is 2.28. The van der Waals surface area contributed by atoms with E-state index in [9.17, 15) is 4.79 Å². The van der Waals surface area contributed by atoms with Gasteiger partial charge in [0, 0.05) is 37.8 Å². The lowest BCUT2D eigenvalue weighted by Crippen LogP contribution is -2.30. The molecule has 0 saturated carbocycles. The van der Waals surface area contributed by atoms with Gasteiger partial charge in [-0.2, -0.15) is 0 Å². The Morgan fingerprint density at radius 3 is 2.78 bits per heavy atom. The summed E-state index contributed by atoms with van der Waals surface area (Å²) >= 11 is 0. The monoisotopic (exact) mass is 485 g/mol. The molecule has 1 unspecified atom stereocenters. The second-order valence-corrected chi connectivity index (χ2v) is 9.71. The molecule has 6 rings (SSSR count). The van der Waals surface area contributed by atoms with Gasteiger partial charge < -0.3 is 9.64 Å². The van der Waals surface area contributed by atoms with Crippen molar-refractivity contribution in [2.45, 2.75) is 38.6 Å². The summed E-state index contributed by atoms with van der Waals surface area (Å²) in [6, 6.07) is 4.83. The zero-order valence-electron chi connectivity index (χ0n) is 20.6. The molecule has 36 heavy (non-hydrogen) atoms. The number of imidazole rings is 1. The van der Waals surface area contributed by atoms with Crippen molar-refractivity contribution in [3.8, 4) is 28.7 Å². The van der Waals surface area contributed by atoms with E-state index in [1.54, 1.807) is 28.6 Å². The van der Waals surface area contributed by atoms with Gasteiger partial charge in [-0.15, -0.1) is 0 Å². The molecular formula is C28H28FN5O2. The number of ether oxygens (including phenoxy) is 1. The molecule has 1 saturated heterocycles. The lowest BCUT2D eigenvalue weighted by Gasteiger charge is -2.25. The summed E-state index contributed by atoms with van der Waals surface area (Å²) < 4.78 is 24.9. The number of piperidine rings is 1. The van der Waals surface area contributed by atoms with Crippen molar-refractivity contribution in [2.75, 3.05) is 26.2 Å². The maximum Gasteiger partial charge on any atom is 0.329 e. The molecule has 3 aromatic heterocycles. The van der Waals surface area contributed by atoms with Crippen LogP contribution in [0.1, 0.15) is 44.3 Å². The predicted molar refractivity (Wildman–Crippen MR) is 138 cm³/mol. The van der Waals surface area contributed by atoms with Crippen LogP contribution in [0.3, 0.4) is 0 Å². The standard InChI is InChI=1S/C28H28FN5O2/c1-18-17-36-27-24(19-9-10-20(30-15-19)8-4-7-13-33-11-5-3-6-12-33)21(29)14-22-25(27)26-23(16-31-22)32(2)28(35)34(18)26/h9-10,14-16,18H,3,5-7,11-13,17H2,1-2H3. The second-order valence-electron chi connectivity index (χ2n) is 9.71. The highest BCUT2D eigenvalue weighted by atomic mass is 19.1. The first-order chi connectivity index (χ1) is 17.5. The fourth-order valence-corrected chi connectivity index (χ4v) is 5.38. The summed E-state index contributed by atoms with van der Waals surface area (Å²) in [5.74, 6) is 6.31. The van der Waals surface area contributed by atoms with E-state index in [0.29, 0.717) is 39.0 Å². The molecule has 4 aromatic rings. The van der Waals surface area contributed by atoms with Crippen LogP contribution in [0.5, 0.6) is 5.75 Å². The number of benzene rings is 1. The van der Waals surface area contributed by atoms with E-state index in [-0.39, 0.29) is 18.3 Å². The van der Waals surface area contributed by atoms with Crippen molar-refractivity contribution in [1.29, 1.82) is 0 Å². The van der Waals surface area contributed by atoms with Crippen LogP contribution in [-0.4, -0.2) is 50.2 Å². The Balaban J connectivity index is 1.37. The number of pyridine rings is 2. The molecule has 1 fully saturated rings. The van der Waals surface area contributed by atoms with Crippen LogP contribution >= 0.6 is 0 Å². The summed E-state index contributed by atoms with van der Waals surface area (Å²) in [5, 5.41) is 0.646. The van der Waals surface area contributed by atoms with E-state index >= 15 is 4.39 Å². The Labute approximate surface area is 208 Å².